The fourth-order valence-corrected chi connectivity index (χ4v) is 3.47. The molecule has 0 spiro atoms. The molecule has 31 heavy (non-hydrogen) atoms. The molecule has 0 radical (unpaired) electrons. The van der Waals surface area contributed by atoms with E-state index in [1.54, 1.807) is 12.4 Å². The summed E-state index contributed by atoms with van der Waals surface area (Å²) in [5, 5.41) is 2.79. The van der Waals surface area contributed by atoms with Crippen molar-refractivity contribution in [2.45, 2.75) is 13.0 Å². The number of aryl methyl sites for hydroxylation is 1. The topological polar surface area (TPSA) is 106 Å². The number of amides is 1. The van der Waals surface area contributed by atoms with Gasteiger partial charge in [0.05, 0.1) is 18.8 Å². The number of anilines is 2. The minimum atomic E-state index is -0.343. The third kappa shape index (κ3) is 5.39. The maximum absolute atomic E-state index is 13.0. The van der Waals surface area contributed by atoms with Crippen molar-refractivity contribution in [1.82, 2.24) is 19.9 Å². The Kier molecular flexibility index (Phi) is 6.15. The highest BCUT2D eigenvalue weighted by Gasteiger charge is 2.25. The van der Waals surface area contributed by atoms with E-state index in [2.05, 4.69) is 20.3 Å². The Morgan fingerprint density at radius 1 is 1.23 bits per heavy atom. The molecule has 0 aliphatic carbocycles. The SMILES string of the molecule is Cc1cc(-c2cnc(N)nc2)cc([C@@H]2CN(CC(=O)Nc3ccc(F)cc3)CCO2)n1. The van der Waals surface area contributed by atoms with Crippen LogP contribution in [0.5, 0.6) is 0 Å². The molecule has 1 fully saturated rings. The molecule has 3 heterocycles. The van der Waals surface area contributed by atoms with E-state index in [9.17, 15) is 9.18 Å². The molecule has 0 bridgehead atoms. The van der Waals surface area contributed by atoms with Crippen LogP contribution >= 0.6 is 0 Å². The number of carbonyl (C=O) groups excluding carboxylic acids is 1. The molecule has 8 nitrogen and oxygen atoms in total. The van der Waals surface area contributed by atoms with E-state index >= 15 is 0 Å². The zero-order valence-electron chi connectivity index (χ0n) is 17.1. The van der Waals surface area contributed by atoms with Crippen LogP contribution in [-0.2, 0) is 9.53 Å². The number of aromatic nitrogens is 3. The summed E-state index contributed by atoms with van der Waals surface area (Å²) >= 11 is 0. The largest absolute Gasteiger partial charge is 0.369 e. The average Bonchev–Trinajstić information content (AvgIpc) is 2.75. The lowest BCUT2D eigenvalue weighted by Crippen LogP contribution is -2.42. The second-order valence-electron chi connectivity index (χ2n) is 7.40. The van der Waals surface area contributed by atoms with Gasteiger partial charge >= 0.3 is 0 Å². The van der Waals surface area contributed by atoms with E-state index in [-0.39, 0.29) is 30.3 Å². The summed E-state index contributed by atoms with van der Waals surface area (Å²) in [7, 11) is 0. The molecule has 0 unspecified atom stereocenters. The van der Waals surface area contributed by atoms with Gasteiger partial charge in [0.25, 0.3) is 0 Å². The predicted molar refractivity (Wildman–Crippen MR) is 115 cm³/mol. The van der Waals surface area contributed by atoms with Crippen LogP contribution in [0.4, 0.5) is 16.0 Å². The smallest absolute Gasteiger partial charge is 0.238 e. The molecule has 4 rings (SSSR count). The molecule has 160 valence electrons. The van der Waals surface area contributed by atoms with Gasteiger partial charge in [-0.25, -0.2) is 14.4 Å². The molecule has 3 aromatic rings. The molecule has 1 amide bonds. The minimum Gasteiger partial charge on any atom is -0.369 e. The second kappa shape index (κ2) is 9.15. The molecule has 1 aliphatic heterocycles. The Morgan fingerprint density at radius 3 is 2.71 bits per heavy atom. The summed E-state index contributed by atoms with van der Waals surface area (Å²) in [6.45, 7) is 3.79. The van der Waals surface area contributed by atoms with Gasteiger partial charge in [-0.3, -0.25) is 14.7 Å². The number of hydrogen-bond acceptors (Lipinski definition) is 7. The van der Waals surface area contributed by atoms with Crippen molar-refractivity contribution in [2.24, 2.45) is 0 Å². The Balaban J connectivity index is 1.43. The van der Waals surface area contributed by atoms with Crippen LogP contribution in [0.3, 0.4) is 0 Å². The van der Waals surface area contributed by atoms with Crippen LogP contribution in [-0.4, -0.2) is 52.0 Å². The van der Waals surface area contributed by atoms with E-state index in [1.807, 2.05) is 24.0 Å². The number of morpholine rings is 1. The van der Waals surface area contributed by atoms with E-state index in [4.69, 9.17) is 10.5 Å². The first-order valence-electron chi connectivity index (χ1n) is 9.92. The maximum Gasteiger partial charge on any atom is 0.238 e. The van der Waals surface area contributed by atoms with Crippen molar-refractivity contribution in [3.63, 3.8) is 0 Å². The molecule has 1 atom stereocenters. The highest BCUT2D eigenvalue weighted by atomic mass is 19.1. The van der Waals surface area contributed by atoms with Crippen molar-refractivity contribution in [1.29, 1.82) is 0 Å². The Hall–Kier alpha value is -3.43. The highest BCUT2D eigenvalue weighted by molar-refractivity contribution is 5.92. The number of pyridine rings is 1. The number of ether oxygens (including phenoxy) is 1. The van der Waals surface area contributed by atoms with Crippen molar-refractivity contribution in [3.8, 4) is 11.1 Å². The molecule has 1 aromatic carbocycles. The number of halogens is 1. The molecule has 1 saturated heterocycles. The first-order valence-corrected chi connectivity index (χ1v) is 9.92. The van der Waals surface area contributed by atoms with Gasteiger partial charge in [0.2, 0.25) is 11.9 Å². The Labute approximate surface area is 179 Å². The molecule has 9 heteroatoms. The number of carbonyl (C=O) groups is 1. The predicted octanol–water partition coefficient (Wildman–Crippen LogP) is 2.58. The molecule has 0 saturated carbocycles. The first kappa shape index (κ1) is 20.8. The lowest BCUT2D eigenvalue weighted by molar-refractivity contribution is -0.119. The highest BCUT2D eigenvalue weighted by Crippen LogP contribution is 2.26. The third-order valence-electron chi connectivity index (χ3n) is 4.95. The van der Waals surface area contributed by atoms with E-state index < -0.39 is 0 Å². The lowest BCUT2D eigenvalue weighted by Gasteiger charge is -2.32. The van der Waals surface area contributed by atoms with Crippen LogP contribution in [0, 0.1) is 12.7 Å². The van der Waals surface area contributed by atoms with Crippen molar-refractivity contribution < 1.29 is 13.9 Å². The van der Waals surface area contributed by atoms with Gasteiger partial charge in [-0.1, -0.05) is 0 Å². The number of benzene rings is 1. The summed E-state index contributed by atoms with van der Waals surface area (Å²) in [6, 6.07) is 9.60. The normalized spacial score (nSPS) is 16.8. The number of nitrogens with zero attached hydrogens (tertiary/aromatic N) is 4. The fourth-order valence-electron chi connectivity index (χ4n) is 3.47. The number of nitrogens with two attached hydrogens (primary N) is 1. The first-order chi connectivity index (χ1) is 15.0. The van der Waals surface area contributed by atoms with Gasteiger partial charge in [-0.2, -0.15) is 0 Å². The van der Waals surface area contributed by atoms with Crippen LogP contribution in [0.1, 0.15) is 17.5 Å². The van der Waals surface area contributed by atoms with Crippen molar-refractivity contribution in [3.05, 3.63) is 66.0 Å². The van der Waals surface area contributed by atoms with Crippen LogP contribution < -0.4 is 11.1 Å². The van der Waals surface area contributed by atoms with E-state index in [0.717, 1.165) is 22.5 Å². The van der Waals surface area contributed by atoms with Gasteiger partial charge < -0.3 is 15.8 Å². The summed E-state index contributed by atoms with van der Waals surface area (Å²) in [5.41, 5.74) is 9.55. The van der Waals surface area contributed by atoms with Crippen LogP contribution in [0.2, 0.25) is 0 Å². The van der Waals surface area contributed by atoms with Crippen LogP contribution in [0.15, 0.2) is 48.8 Å². The zero-order chi connectivity index (χ0) is 21.8. The Morgan fingerprint density at radius 2 is 1.97 bits per heavy atom. The summed E-state index contributed by atoms with van der Waals surface area (Å²) in [6.07, 6.45) is 3.09. The van der Waals surface area contributed by atoms with E-state index in [1.165, 1.54) is 24.3 Å². The molecular formula is C22H23FN6O2. The maximum atomic E-state index is 13.0. The number of nitrogens with one attached hydrogen (secondary N) is 1. The Bertz CT molecular complexity index is 1060. The zero-order valence-corrected chi connectivity index (χ0v) is 17.1. The van der Waals surface area contributed by atoms with Crippen molar-refractivity contribution >= 4 is 17.5 Å². The molecule has 2 aromatic heterocycles. The lowest BCUT2D eigenvalue weighted by atomic mass is 10.1. The van der Waals surface area contributed by atoms with Crippen LogP contribution in [0.25, 0.3) is 11.1 Å². The fraction of sp³-hybridized carbons (Fsp3) is 0.273. The monoisotopic (exact) mass is 422 g/mol. The number of hydrogen-bond donors (Lipinski definition) is 2. The van der Waals surface area contributed by atoms with Gasteiger partial charge in [0, 0.05) is 42.4 Å². The minimum absolute atomic E-state index is 0.163. The number of rotatable bonds is 5. The molecular weight excluding hydrogens is 399 g/mol. The summed E-state index contributed by atoms with van der Waals surface area (Å²) < 4.78 is 19.0. The summed E-state index contributed by atoms with van der Waals surface area (Å²) in [4.78, 5) is 27.2. The summed E-state index contributed by atoms with van der Waals surface area (Å²) in [5.74, 6) is -0.284. The molecule has 3 N–H and O–H groups in total. The van der Waals surface area contributed by atoms with Gasteiger partial charge in [0.1, 0.15) is 11.9 Å². The quantitative estimate of drug-likeness (QED) is 0.651. The standard InChI is InChI=1S/C22H23FN6O2/c1-14-8-15(16-10-25-22(24)26-11-16)9-19(27-14)20-12-29(6-7-31-20)13-21(30)28-18-4-2-17(23)3-5-18/h2-5,8-11,20H,6-7,12-13H2,1H3,(H,28,30)(H2,24,25,26)/t20-/m0/s1. The van der Waals surface area contributed by atoms with Gasteiger partial charge in [0.15, 0.2) is 0 Å². The second-order valence-corrected chi connectivity index (χ2v) is 7.40. The number of nitrogen functional groups attached to an aromatic ring is 1. The average molecular weight is 422 g/mol. The third-order valence-corrected chi connectivity index (χ3v) is 4.95. The van der Waals surface area contributed by atoms with Crippen molar-refractivity contribution in [2.75, 3.05) is 37.3 Å². The van der Waals surface area contributed by atoms with Gasteiger partial charge in [-0.05, 0) is 48.9 Å². The molecule has 1 aliphatic rings. The van der Waals surface area contributed by atoms with Gasteiger partial charge in [-0.15, -0.1) is 0 Å². The van der Waals surface area contributed by atoms with E-state index in [0.29, 0.717) is 25.4 Å².